The van der Waals surface area contributed by atoms with E-state index in [9.17, 15) is 4.79 Å². The first kappa shape index (κ1) is 13.2. The molecule has 1 amide bonds. The fourth-order valence-corrected chi connectivity index (χ4v) is 3.86. The van der Waals surface area contributed by atoms with Crippen molar-refractivity contribution in [2.75, 3.05) is 19.8 Å². The molecule has 1 N–H and O–H groups in total. The van der Waals surface area contributed by atoms with E-state index in [4.69, 9.17) is 4.74 Å². The highest BCUT2D eigenvalue weighted by Crippen LogP contribution is 2.44. The monoisotopic (exact) mass is 263 g/mol. The van der Waals surface area contributed by atoms with Gasteiger partial charge in [0.2, 0.25) is 5.91 Å². The second kappa shape index (κ2) is 5.28. The van der Waals surface area contributed by atoms with Gasteiger partial charge in [-0.25, -0.2) is 0 Å². The van der Waals surface area contributed by atoms with Crippen LogP contribution >= 0.6 is 0 Å². The number of fused-ring (bicyclic) bond motifs is 2. The van der Waals surface area contributed by atoms with Gasteiger partial charge in [-0.15, -0.1) is 0 Å². The van der Waals surface area contributed by atoms with Crippen molar-refractivity contribution >= 4 is 5.91 Å². The van der Waals surface area contributed by atoms with Crippen LogP contribution in [0, 0.1) is 23.2 Å². The van der Waals surface area contributed by atoms with Gasteiger partial charge >= 0.3 is 0 Å². The highest BCUT2D eigenvalue weighted by molar-refractivity contribution is 5.80. The van der Waals surface area contributed by atoms with Crippen molar-refractivity contribution in [2.45, 2.75) is 39.0 Å². The Kier molecular flexibility index (Phi) is 3.66. The third kappa shape index (κ3) is 2.58. The number of nitrogens with one attached hydrogen (secondary N) is 1. The van der Waals surface area contributed by atoms with Gasteiger partial charge in [0.25, 0.3) is 0 Å². The molecule has 0 heterocycles. The van der Waals surface area contributed by atoms with Crippen LogP contribution in [-0.2, 0) is 9.53 Å². The van der Waals surface area contributed by atoms with Crippen LogP contribution in [0.4, 0.5) is 0 Å². The highest BCUT2D eigenvalue weighted by Gasteiger charge is 2.42. The molecule has 3 nitrogen and oxygen atoms in total. The van der Waals surface area contributed by atoms with Gasteiger partial charge < -0.3 is 10.1 Å². The predicted octanol–water partition coefficient (Wildman–Crippen LogP) is 2.52. The average molecular weight is 263 g/mol. The maximum Gasteiger partial charge on any atom is 0.223 e. The normalized spacial score (nSPS) is 34.3. The molecule has 0 aliphatic heterocycles. The van der Waals surface area contributed by atoms with Gasteiger partial charge in [-0.05, 0) is 44.4 Å². The third-order valence-electron chi connectivity index (χ3n) is 5.28. The van der Waals surface area contributed by atoms with E-state index in [2.05, 4.69) is 17.5 Å². The van der Waals surface area contributed by atoms with E-state index in [1.54, 1.807) is 0 Å². The molecule has 2 bridgehead atoms. The zero-order chi connectivity index (χ0) is 13.3. The largest absolute Gasteiger partial charge is 0.381 e. The van der Waals surface area contributed by atoms with Gasteiger partial charge in [0.15, 0.2) is 0 Å². The molecule has 3 aliphatic carbocycles. The summed E-state index contributed by atoms with van der Waals surface area (Å²) >= 11 is 0. The molecule has 3 atom stereocenters. The zero-order valence-corrected chi connectivity index (χ0v) is 11.9. The second-order valence-electron chi connectivity index (χ2n) is 6.60. The van der Waals surface area contributed by atoms with Crippen molar-refractivity contribution in [1.82, 2.24) is 5.32 Å². The van der Waals surface area contributed by atoms with Crippen molar-refractivity contribution in [3.05, 3.63) is 12.2 Å². The number of hydrogen-bond donors (Lipinski definition) is 1. The fraction of sp³-hybridized carbons (Fsp3) is 0.812. The summed E-state index contributed by atoms with van der Waals surface area (Å²) in [5.41, 5.74) is 0.235. The van der Waals surface area contributed by atoms with E-state index < -0.39 is 0 Å². The molecule has 0 aromatic heterocycles. The molecule has 0 aromatic carbocycles. The Morgan fingerprint density at radius 2 is 2.21 bits per heavy atom. The van der Waals surface area contributed by atoms with E-state index in [1.165, 1.54) is 25.7 Å². The van der Waals surface area contributed by atoms with Gasteiger partial charge in [-0.3, -0.25) is 4.79 Å². The van der Waals surface area contributed by atoms with Crippen molar-refractivity contribution in [3.63, 3.8) is 0 Å². The lowest BCUT2D eigenvalue weighted by Gasteiger charge is -2.42. The molecule has 3 rings (SSSR count). The molecule has 3 aliphatic rings. The van der Waals surface area contributed by atoms with Crippen molar-refractivity contribution in [1.29, 1.82) is 0 Å². The summed E-state index contributed by atoms with van der Waals surface area (Å²) in [4.78, 5) is 12.3. The van der Waals surface area contributed by atoms with Gasteiger partial charge in [0.1, 0.15) is 0 Å². The average Bonchev–Trinajstić information content (AvgIpc) is 2.99. The van der Waals surface area contributed by atoms with Crippen LogP contribution in [0.3, 0.4) is 0 Å². The fourth-order valence-electron chi connectivity index (χ4n) is 3.86. The summed E-state index contributed by atoms with van der Waals surface area (Å²) in [7, 11) is 0. The Balaban J connectivity index is 1.49. The van der Waals surface area contributed by atoms with E-state index in [1.807, 2.05) is 6.92 Å². The minimum absolute atomic E-state index is 0.235. The first-order valence-corrected chi connectivity index (χ1v) is 7.76. The number of ether oxygens (including phenoxy) is 1. The smallest absolute Gasteiger partial charge is 0.223 e. The topological polar surface area (TPSA) is 38.3 Å². The molecule has 2 saturated carbocycles. The Labute approximate surface area is 115 Å². The first-order chi connectivity index (χ1) is 9.22. The molecule has 3 heteroatoms. The molecule has 0 saturated heterocycles. The molecule has 2 fully saturated rings. The molecule has 0 radical (unpaired) electrons. The molecule has 106 valence electrons. The molecule has 0 aromatic rings. The molecule has 0 spiro atoms. The van der Waals surface area contributed by atoms with Gasteiger partial charge in [-0.1, -0.05) is 18.6 Å². The summed E-state index contributed by atoms with van der Waals surface area (Å²) in [5.74, 6) is 1.69. The van der Waals surface area contributed by atoms with Crippen LogP contribution in [0.25, 0.3) is 0 Å². The van der Waals surface area contributed by atoms with Crippen molar-refractivity contribution in [3.8, 4) is 0 Å². The van der Waals surface area contributed by atoms with Crippen LogP contribution in [0.5, 0.6) is 0 Å². The van der Waals surface area contributed by atoms with E-state index in [0.717, 1.165) is 26.2 Å². The van der Waals surface area contributed by atoms with Gasteiger partial charge in [-0.2, -0.15) is 0 Å². The molecular formula is C16H25NO2. The Hall–Kier alpha value is -0.830. The van der Waals surface area contributed by atoms with Crippen LogP contribution in [-0.4, -0.2) is 25.7 Å². The lowest BCUT2D eigenvalue weighted by atomic mass is 9.69. The summed E-state index contributed by atoms with van der Waals surface area (Å²) < 4.78 is 5.59. The van der Waals surface area contributed by atoms with E-state index >= 15 is 0 Å². The minimum atomic E-state index is 0.235. The SMILES string of the molecule is CCOCC1(CNC(=O)[C@@H]2C[C@@H]3C=C[C@H]2C3)CCC1. The lowest BCUT2D eigenvalue weighted by molar-refractivity contribution is -0.127. The Morgan fingerprint density at radius 1 is 1.37 bits per heavy atom. The van der Waals surface area contributed by atoms with Crippen LogP contribution in [0.1, 0.15) is 39.0 Å². The number of carbonyl (C=O) groups excluding carboxylic acids is 1. The molecular weight excluding hydrogens is 238 g/mol. The lowest BCUT2D eigenvalue weighted by Crippen LogP contribution is -2.47. The number of amides is 1. The second-order valence-corrected chi connectivity index (χ2v) is 6.60. The Morgan fingerprint density at radius 3 is 2.74 bits per heavy atom. The Bertz CT molecular complexity index is 373. The summed E-state index contributed by atoms with van der Waals surface area (Å²) in [5, 5.41) is 3.21. The van der Waals surface area contributed by atoms with Crippen LogP contribution < -0.4 is 5.32 Å². The maximum atomic E-state index is 12.3. The quantitative estimate of drug-likeness (QED) is 0.748. The standard InChI is InChI=1S/C16H25NO2/c1-2-19-11-16(6-3-7-16)10-17-15(18)14-9-12-4-5-13(14)8-12/h4-5,12-14H,2-3,6-11H2,1H3,(H,17,18)/t12-,13+,14-/m1/s1. The van der Waals surface area contributed by atoms with Crippen LogP contribution in [0.15, 0.2) is 12.2 Å². The summed E-state index contributed by atoms with van der Waals surface area (Å²) in [6.07, 6.45) is 10.5. The van der Waals surface area contributed by atoms with Crippen LogP contribution in [0.2, 0.25) is 0 Å². The van der Waals surface area contributed by atoms with Crippen molar-refractivity contribution in [2.24, 2.45) is 23.2 Å². The first-order valence-electron chi connectivity index (χ1n) is 7.76. The van der Waals surface area contributed by atoms with E-state index in [-0.39, 0.29) is 17.2 Å². The number of carbonyl (C=O) groups is 1. The number of hydrogen-bond acceptors (Lipinski definition) is 2. The third-order valence-corrected chi connectivity index (χ3v) is 5.28. The number of allylic oxidation sites excluding steroid dienone is 2. The molecule has 0 unspecified atom stereocenters. The summed E-state index contributed by atoms with van der Waals surface area (Å²) in [6, 6.07) is 0. The van der Waals surface area contributed by atoms with E-state index in [0.29, 0.717) is 11.8 Å². The predicted molar refractivity (Wildman–Crippen MR) is 74.6 cm³/mol. The number of rotatable bonds is 6. The molecule has 19 heavy (non-hydrogen) atoms. The van der Waals surface area contributed by atoms with Gasteiger partial charge in [0.05, 0.1) is 6.61 Å². The zero-order valence-electron chi connectivity index (χ0n) is 11.9. The van der Waals surface area contributed by atoms with Gasteiger partial charge in [0, 0.05) is 24.5 Å². The minimum Gasteiger partial charge on any atom is -0.381 e. The highest BCUT2D eigenvalue weighted by atomic mass is 16.5. The summed E-state index contributed by atoms with van der Waals surface area (Å²) in [6.45, 7) is 4.42. The van der Waals surface area contributed by atoms with Crippen molar-refractivity contribution < 1.29 is 9.53 Å². The maximum absolute atomic E-state index is 12.3.